The SMILES string of the molecule is CCC(=O)N1CCC[C@@H](C(=O)Nc2ccc(-c3cccc(F)c3)cc2)C1. The van der Waals surface area contributed by atoms with E-state index in [-0.39, 0.29) is 23.5 Å². The van der Waals surface area contributed by atoms with Gasteiger partial charge in [0.1, 0.15) is 5.82 Å². The first-order chi connectivity index (χ1) is 12.6. The number of rotatable bonds is 4. The summed E-state index contributed by atoms with van der Waals surface area (Å²) in [6.45, 7) is 3.06. The molecule has 2 aromatic carbocycles. The fraction of sp³-hybridized carbons (Fsp3) is 0.333. The van der Waals surface area contributed by atoms with Gasteiger partial charge in [-0.3, -0.25) is 9.59 Å². The zero-order valence-electron chi connectivity index (χ0n) is 14.9. The van der Waals surface area contributed by atoms with Crippen molar-refractivity contribution in [3.8, 4) is 11.1 Å². The average Bonchev–Trinajstić information content (AvgIpc) is 2.68. The number of halogens is 1. The maximum absolute atomic E-state index is 13.3. The van der Waals surface area contributed by atoms with Crippen LogP contribution in [-0.4, -0.2) is 29.8 Å². The minimum atomic E-state index is -0.275. The lowest BCUT2D eigenvalue weighted by Crippen LogP contribution is -2.43. The maximum Gasteiger partial charge on any atom is 0.229 e. The Morgan fingerprint density at radius 1 is 1.15 bits per heavy atom. The summed E-state index contributed by atoms with van der Waals surface area (Å²) in [5.74, 6) is -0.412. The van der Waals surface area contributed by atoms with Crippen LogP contribution in [0.2, 0.25) is 0 Å². The summed E-state index contributed by atoms with van der Waals surface area (Å²) in [5, 5.41) is 2.93. The number of piperidine rings is 1. The molecule has 0 saturated carbocycles. The van der Waals surface area contributed by atoms with E-state index in [1.165, 1.54) is 12.1 Å². The van der Waals surface area contributed by atoms with Gasteiger partial charge in [-0.15, -0.1) is 0 Å². The summed E-state index contributed by atoms with van der Waals surface area (Å²) in [4.78, 5) is 26.2. The summed E-state index contributed by atoms with van der Waals surface area (Å²) in [6, 6.07) is 13.8. The van der Waals surface area contributed by atoms with Crippen LogP contribution in [0.5, 0.6) is 0 Å². The largest absolute Gasteiger partial charge is 0.342 e. The zero-order chi connectivity index (χ0) is 18.5. The van der Waals surface area contributed by atoms with Crippen LogP contribution in [0.1, 0.15) is 26.2 Å². The molecule has 0 unspecified atom stereocenters. The third-order valence-corrected chi connectivity index (χ3v) is 4.76. The van der Waals surface area contributed by atoms with Crippen LogP contribution in [0.15, 0.2) is 48.5 Å². The summed E-state index contributed by atoms with van der Waals surface area (Å²) in [7, 11) is 0. The van der Waals surface area contributed by atoms with Crippen molar-refractivity contribution in [3.05, 3.63) is 54.3 Å². The number of likely N-dealkylation sites (tertiary alicyclic amines) is 1. The smallest absolute Gasteiger partial charge is 0.229 e. The van der Waals surface area contributed by atoms with Crippen LogP contribution in [0.25, 0.3) is 11.1 Å². The number of benzene rings is 2. The molecule has 0 aromatic heterocycles. The first-order valence-electron chi connectivity index (χ1n) is 9.01. The van der Waals surface area contributed by atoms with Crippen LogP contribution in [-0.2, 0) is 9.59 Å². The molecular formula is C21H23FN2O2. The normalized spacial score (nSPS) is 17.0. The van der Waals surface area contributed by atoms with Gasteiger partial charge in [-0.25, -0.2) is 4.39 Å². The molecule has 1 heterocycles. The van der Waals surface area contributed by atoms with Gasteiger partial charge in [-0.05, 0) is 48.2 Å². The van der Waals surface area contributed by atoms with Crippen LogP contribution >= 0.6 is 0 Å². The Morgan fingerprint density at radius 2 is 1.92 bits per heavy atom. The third kappa shape index (κ3) is 4.28. The molecule has 1 saturated heterocycles. The van der Waals surface area contributed by atoms with Gasteiger partial charge in [0.25, 0.3) is 0 Å². The Balaban J connectivity index is 1.63. The minimum absolute atomic E-state index is 0.0582. The molecule has 1 N–H and O–H groups in total. The Labute approximate surface area is 153 Å². The number of carbonyl (C=O) groups is 2. The predicted octanol–water partition coefficient (Wildman–Crippen LogP) is 4.08. The Bertz CT molecular complexity index is 789. The molecule has 4 nitrogen and oxygen atoms in total. The number of amides is 2. The van der Waals surface area contributed by atoms with Crippen LogP contribution in [0.4, 0.5) is 10.1 Å². The monoisotopic (exact) mass is 354 g/mol. The molecule has 136 valence electrons. The molecule has 0 radical (unpaired) electrons. The summed E-state index contributed by atoms with van der Waals surface area (Å²) in [5.41, 5.74) is 2.39. The quantitative estimate of drug-likeness (QED) is 0.899. The highest BCUT2D eigenvalue weighted by atomic mass is 19.1. The van der Waals surface area contributed by atoms with E-state index in [4.69, 9.17) is 0 Å². The van der Waals surface area contributed by atoms with E-state index in [1.54, 1.807) is 11.0 Å². The lowest BCUT2D eigenvalue weighted by atomic mass is 9.96. The van der Waals surface area contributed by atoms with Gasteiger partial charge < -0.3 is 10.2 Å². The van der Waals surface area contributed by atoms with E-state index >= 15 is 0 Å². The lowest BCUT2D eigenvalue weighted by Gasteiger charge is -2.31. The number of carbonyl (C=O) groups excluding carboxylic acids is 2. The molecule has 0 aliphatic carbocycles. The van der Waals surface area contributed by atoms with E-state index in [1.807, 2.05) is 37.3 Å². The van der Waals surface area contributed by atoms with Crippen molar-refractivity contribution in [3.63, 3.8) is 0 Å². The topological polar surface area (TPSA) is 49.4 Å². The van der Waals surface area contributed by atoms with Crippen molar-refractivity contribution in [2.75, 3.05) is 18.4 Å². The molecule has 2 aromatic rings. The van der Waals surface area contributed by atoms with Crippen molar-refractivity contribution < 1.29 is 14.0 Å². The van der Waals surface area contributed by atoms with Gasteiger partial charge in [0, 0.05) is 25.2 Å². The standard InChI is InChI=1S/C21H23FN2O2/c1-2-20(25)24-12-4-6-17(14-24)21(26)23-19-10-8-15(9-11-19)16-5-3-7-18(22)13-16/h3,5,7-11,13,17H,2,4,6,12,14H2,1H3,(H,23,26)/t17-/m1/s1. The second kappa shape index (κ2) is 8.13. The first kappa shape index (κ1) is 18.1. The van der Waals surface area contributed by atoms with Gasteiger partial charge in [0.05, 0.1) is 5.92 Å². The van der Waals surface area contributed by atoms with E-state index in [0.717, 1.165) is 30.5 Å². The number of hydrogen-bond donors (Lipinski definition) is 1. The fourth-order valence-corrected chi connectivity index (χ4v) is 3.30. The summed E-state index contributed by atoms with van der Waals surface area (Å²) < 4.78 is 13.3. The van der Waals surface area contributed by atoms with Crippen molar-refractivity contribution in [1.29, 1.82) is 0 Å². The molecule has 1 aliphatic heterocycles. The van der Waals surface area contributed by atoms with E-state index in [9.17, 15) is 14.0 Å². The van der Waals surface area contributed by atoms with Crippen LogP contribution in [0.3, 0.4) is 0 Å². The molecule has 1 aliphatic rings. The molecule has 0 spiro atoms. The second-order valence-corrected chi connectivity index (χ2v) is 6.61. The van der Waals surface area contributed by atoms with Gasteiger partial charge in [0.2, 0.25) is 11.8 Å². The first-order valence-corrected chi connectivity index (χ1v) is 9.01. The average molecular weight is 354 g/mol. The molecule has 2 amide bonds. The minimum Gasteiger partial charge on any atom is -0.342 e. The fourth-order valence-electron chi connectivity index (χ4n) is 3.30. The molecule has 5 heteroatoms. The number of hydrogen-bond acceptors (Lipinski definition) is 2. The Kier molecular flexibility index (Phi) is 5.66. The number of anilines is 1. The van der Waals surface area contributed by atoms with Gasteiger partial charge in [-0.1, -0.05) is 31.2 Å². The third-order valence-electron chi connectivity index (χ3n) is 4.76. The van der Waals surface area contributed by atoms with Crippen LogP contribution < -0.4 is 5.32 Å². The van der Waals surface area contributed by atoms with E-state index in [2.05, 4.69) is 5.32 Å². The molecule has 26 heavy (non-hydrogen) atoms. The zero-order valence-corrected chi connectivity index (χ0v) is 14.9. The van der Waals surface area contributed by atoms with Crippen molar-refractivity contribution >= 4 is 17.5 Å². The highest BCUT2D eigenvalue weighted by Gasteiger charge is 2.27. The molecule has 0 bridgehead atoms. The highest BCUT2D eigenvalue weighted by molar-refractivity contribution is 5.93. The Hall–Kier alpha value is -2.69. The Morgan fingerprint density at radius 3 is 2.62 bits per heavy atom. The molecule has 3 rings (SSSR count). The second-order valence-electron chi connectivity index (χ2n) is 6.61. The van der Waals surface area contributed by atoms with Gasteiger partial charge >= 0.3 is 0 Å². The maximum atomic E-state index is 13.3. The van der Waals surface area contributed by atoms with E-state index in [0.29, 0.717) is 18.7 Å². The summed E-state index contributed by atoms with van der Waals surface area (Å²) in [6.07, 6.45) is 2.11. The van der Waals surface area contributed by atoms with Crippen molar-refractivity contribution in [1.82, 2.24) is 4.90 Å². The number of nitrogens with one attached hydrogen (secondary N) is 1. The van der Waals surface area contributed by atoms with Crippen molar-refractivity contribution in [2.45, 2.75) is 26.2 Å². The molecule has 1 atom stereocenters. The molecule has 1 fully saturated rings. The van der Waals surface area contributed by atoms with Gasteiger partial charge in [0.15, 0.2) is 0 Å². The van der Waals surface area contributed by atoms with Gasteiger partial charge in [-0.2, -0.15) is 0 Å². The van der Waals surface area contributed by atoms with E-state index < -0.39 is 0 Å². The number of nitrogens with zero attached hydrogens (tertiary/aromatic N) is 1. The summed E-state index contributed by atoms with van der Waals surface area (Å²) >= 11 is 0. The lowest BCUT2D eigenvalue weighted by molar-refractivity contribution is -0.134. The van der Waals surface area contributed by atoms with Crippen molar-refractivity contribution in [2.24, 2.45) is 5.92 Å². The van der Waals surface area contributed by atoms with Crippen LogP contribution in [0, 0.1) is 11.7 Å². The molecular weight excluding hydrogens is 331 g/mol. The highest BCUT2D eigenvalue weighted by Crippen LogP contribution is 2.23. The predicted molar refractivity (Wildman–Crippen MR) is 100 cm³/mol.